The van der Waals surface area contributed by atoms with Crippen LogP contribution in [0.5, 0.6) is 0 Å². The fourth-order valence-electron chi connectivity index (χ4n) is 4.46. The van der Waals surface area contributed by atoms with Crippen molar-refractivity contribution < 1.29 is 14.0 Å². The normalized spacial score (nSPS) is 17.3. The molecule has 3 aromatic rings. The van der Waals surface area contributed by atoms with E-state index in [-0.39, 0.29) is 29.6 Å². The molecule has 1 aliphatic rings. The second kappa shape index (κ2) is 8.94. The minimum absolute atomic E-state index is 0.0267. The Morgan fingerprint density at radius 1 is 1.00 bits per heavy atom. The van der Waals surface area contributed by atoms with Crippen molar-refractivity contribution in [2.24, 2.45) is 0 Å². The molecule has 1 heterocycles. The summed E-state index contributed by atoms with van der Waals surface area (Å²) >= 11 is 0. The average molecular weight is 447 g/mol. The zero-order valence-electron chi connectivity index (χ0n) is 18.9. The third kappa shape index (κ3) is 4.67. The smallest absolute Gasteiger partial charge is 0.224 e. The largest absolute Gasteiger partial charge is 0.396 e. The first-order chi connectivity index (χ1) is 15.7. The standard InChI is InChI=1S/C26H27FN4O2/c1-15-11-25(30-21-8-9-24(28)23(27)14-21)22-13-19(7-10-26(22)31(15)17(3)33)18-5-4-6-20(12-18)29-16(2)32/h4-10,12-15,25,30H,11,28H2,1-3H3,(H,29,32)/t15-,25+/m0/s1. The van der Waals surface area contributed by atoms with E-state index < -0.39 is 5.82 Å². The van der Waals surface area contributed by atoms with Gasteiger partial charge in [-0.1, -0.05) is 18.2 Å². The van der Waals surface area contributed by atoms with Gasteiger partial charge in [-0.3, -0.25) is 9.59 Å². The molecule has 170 valence electrons. The maximum Gasteiger partial charge on any atom is 0.224 e. The van der Waals surface area contributed by atoms with Gasteiger partial charge in [0.25, 0.3) is 0 Å². The summed E-state index contributed by atoms with van der Waals surface area (Å²) in [6.45, 7) is 5.04. The van der Waals surface area contributed by atoms with Crippen molar-refractivity contribution in [1.29, 1.82) is 0 Å². The van der Waals surface area contributed by atoms with Crippen molar-refractivity contribution in [1.82, 2.24) is 0 Å². The summed E-state index contributed by atoms with van der Waals surface area (Å²) in [6.07, 6.45) is 0.661. The number of carbonyl (C=O) groups excluding carboxylic acids is 2. The summed E-state index contributed by atoms with van der Waals surface area (Å²) in [5.41, 5.74) is 10.7. The van der Waals surface area contributed by atoms with Crippen molar-refractivity contribution in [2.45, 2.75) is 39.3 Å². The van der Waals surface area contributed by atoms with Crippen molar-refractivity contribution in [3.8, 4) is 11.1 Å². The fourth-order valence-corrected chi connectivity index (χ4v) is 4.46. The Morgan fingerprint density at radius 3 is 2.45 bits per heavy atom. The van der Waals surface area contributed by atoms with Crippen LogP contribution in [0.4, 0.5) is 27.1 Å². The number of anilines is 4. The molecule has 2 atom stereocenters. The highest BCUT2D eigenvalue weighted by atomic mass is 19.1. The Hall–Kier alpha value is -3.87. The van der Waals surface area contributed by atoms with E-state index in [0.717, 1.165) is 22.4 Å². The SMILES string of the molecule is CC(=O)Nc1cccc(-c2ccc3c(c2)[C@H](Nc2ccc(N)c(F)c2)C[C@H](C)N3C(C)=O)c1. The molecule has 6 nitrogen and oxygen atoms in total. The van der Waals surface area contributed by atoms with Crippen LogP contribution in [0.25, 0.3) is 11.1 Å². The summed E-state index contributed by atoms with van der Waals surface area (Å²) in [5, 5.41) is 6.23. The molecule has 1 aliphatic heterocycles. The predicted octanol–water partition coefficient (Wildman–Crippen LogP) is 5.33. The summed E-state index contributed by atoms with van der Waals surface area (Å²) < 4.78 is 14.0. The van der Waals surface area contributed by atoms with Crippen LogP contribution < -0.4 is 21.3 Å². The molecule has 0 saturated carbocycles. The van der Waals surface area contributed by atoms with Gasteiger partial charge < -0.3 is 21.3 Å². The van der Waals surface area contributed by atoms with Crippen LogP contribution in [0.15, 0.2) is 60.7 Å². The monoisotopic (exact) mass is 446 g/mol. The zero-order valence-corrected chi connectivity index (χ0v) is 18.9. The molecule has 2 amide bonds. The minimum Gasteiger partial charge on any atom is -0.396 e. The summed E-state index contributed by atoms with van der Waals surface area (Å²) in [5.74, 6) is -0.636. The third-order valence-electron chi connectivity index (χ3n) is 5.88. The van der Waals surface area contributed by atoms with Crippen molar-refractivity contribution >= 4 is 34.6 Å². The van der Waals surface area contributed by atoms with Gasteiger partial charge in [-0.15, -0.1) is 0 Å². The van der Waals surface area contributed by atoms with E-state index in [9.17, 15) is 14.0 Å². The van der Waals surface area contributed by atoms with Crippen molar-refractivity contribution in [3.05, 3.63) is 72.0 Å². The fraction of sp³-hybridized carbons (Fsp3) is 0.231. The van der Waals surface area contributed by atoms with Crippen LogP contribution >= 0.6 is 0 Å². The molecular formula is C26H27FN4O2. The number of nitrogens with two attached hydrogens (primary N) is 1. The van der Waals surface area contributed by atoms with Gasteiger partial charge in [0.1, 0.15) is 5.82 Å². The molecule has 0 aromatic heterocycles. The Morgan fingerprint density at radius 2 is 1.76 bits per heavy atom. The molecule has 0 fully saturated rings. The number of benzene rings is 3. The number of carbonyl (C=O) groups is 2. The van der Waals surface area contributed by atoms with Gasteiger partial charge in [0, 0.05) is 37.0 Å². The quantitative estimate of drug-likeness (QED) is 0.473. The second-order valence-electron chi connectivity index (χ2n) is 8.44. The van der Waals surface area contributed by atoms with E-state index in [4.69, 9.17) is 5.73 Å². The van der Waals surface area contributed by atoms with Crippen molar-refractivity contribution in [3.63, 3.8) is 0 Å². The first-order valence-corrected chi connectivity index (χ1v) is 10.9. The van der Waals surface area contributed by atoms with Crippen LogP contribution in [-0.4, -0.2) is 17.9 Å². The number of halogens is 1. The summed E-state index contributed by atoms with van der Waals surface area (Å²) in [7, 11) is 0. The number of fused-ring (bicyclic) bond motifs is 1. The molecule has 0 aliphatic carbocycles. The van der Waals surface area contributed by atoms with E-state index in [1.165, 1.54) is 19.1 Å². The lowest BCUT2D eigenvalue weighted by Crippen LogP contribution is -2.43. The lowest BCUT2D eigenvalue weighted by molar-refractivity contribution is -0.117. The predicted molar refractivity (Wildman–Crippen MR) is 131 cm³/mol. The van der Waals surface area contributed by atoms with Gasteiger partial charge in [-0.2, -0.15) is 0 Å². The third-order valence-corrected chi connectivity index (χ3v) is 5.88. The topological polar surface area (TPSA) is 87.5 Å². The van der Waals surface area contributed by atoms with Crippen molar-refractivity contribution in [2.75, 3.05) is 21.3 Å². The number of hydrogen-bond donors (Lipinski definition) is 3. The maximum absolute atomic E-state index is 14.0. The van der Waals surface area contributed by atoms with Crippen LogP contribution in [0.2, 0.25) is 0 Å². The number of amides is 2. The van der Waals surface area contributed by atoms with E-state index in [2.05, 4.69) is 16.7 Å². The number of nitrogens with zero attached hydrogens (tertiary/aromatic N) is 1. The van der Waals surface area contributed by atoms with Gasteiger partial charge >= 0.3 is 0 Å². The van der Waals surface area contributed by atoms with E-state index in [0.29, 0.717) is 17.8 Å². The number of nitrogen functional groups attached to an aromatic ring is 1. The lowest BCUT2D eigenvalue weighted by Gasteiger charge is -2.39. The highest BCUT2D eigenvalue weighted by Crippen LogP contribution is 2.41. The van der Waals surface area contributed by atoms with Gasteiger partial charge in [0.15, 0.2) is 0 Å². The molecule has 4 N–H and O–H groups in total. The Balaban J connectivity index is 1.76. The first-order valence-electron chi connectivity index (χ1n) is 10.9. The summed E-state index contributed by atoms with van der Waals surface area (Å²) in [4.78, 5) is 25.7. The first kappa shape index (κ1) is 22.3. The molecule has 4 rings (SSSR count). The van der Waals surface area contributed by atoms with E-state index >= 15 is 0 Å². The molecule has 0 spiro atoms. The molecule has 0 bridgehead atoms. The summed E-state index contributed by atoms with van der Waals surface area (Å²) in [6, 6.07) is 18.1. The molecule has 0 radical (unpaired) electrons. The van der Waals surface area contributed by atoms with Crippen LogP contribution in [0.3, 0.4) is 0 Å². The molecule has 0 unspecified atom stereocenters. The Labute approximate surface area is 192 Å². The minimum atomic E-state index is -0.474. The average Bonchev–Trinajstić information content (AvgIpc) is 2.75. The van der Waals surface area contributed by atoms with E-state index in [1.807, 2.05) is 43.3 Å². The molecule has 0 saturated heterocycles. The maximum atomic E-state index is 14.0. The lowest BCUT2D eigenvalue weighted by atomic mass is 9.88. The van der Waals surface area contributed by atoms with Gasteiger partial charge in [-0.05, 0) is 72.5 Å². The molecule has 33 heavy (non-hydrogen) atoms. The highest BCUT2D eigenvalue weighted by Gasteiger charge is 2.32. The second-order valence-corrected chi connectivity index (χ2v) is 8.44. The van der Waals surface area contributed by atoms with Gasteiger partial charge in [0.05, 0.1) is 11.7 Å². The van der Waals surface area contributed by atoms with E-state index in [1.54, 1.807) is 17.9 Å². The molecule has 3 aromatic carbocycles. The zero-order chi connectivity index (χ0) is 23.7. The van der Waals surface area contributed by atoms with Crippen LogP contribution in [0.1, 0.15) is 38.8 Å². The Bertz CT molecular complexity index is 1230. The number of rotatable bonds is 4. The number of nitrogens with one attached hydrogen (secondary N) is 2. The van der Waals surface area contributed by atoms with Gasteiger partial charge in [-0.25, -0.2) is 4.39 Å². The number of hydrogen-bond acceptors (Lipinski definition) is 4. The van der Waals surface area contributed by atoms with Gasteiger partial charge in [0.2, 0.25) is 11.8 Å². The molecular weight excluding hydrogens is 419 g/mol. The van der Waals surface area contributed by atoms with Crippen LogP contribution in [-0.2, 0) is 9.59 Å². The highest BCUT2D eigenvalue weighted by molar-refractivity contribution is 5.94. The molecule has 7 heteroatoms. The van der Waals surface area contributed by atoms with Crippen LogP contribution in [0, 0.1) is 5.82 Å². The Kier molecular flexibility index (Phi) is 6.05.